The minimum absolute atomic E-state index is 0.426. The fourth-order valence-electron chi connectivity index (χ4n) is 3.20. The third-order valence-electron chi connectivity index (χ3n) is 4.87. The number of hydrogen-bond donors (Lipinski definition) is 2. The Morgan fingerprint density at radius 1 is 1.25 bits per heavy atom. The number of fused-ring (bicyclic) bond motifs is 1. The predicted octanol–water partition coefficient (Wildman–Crippen LogP) is 3.56. The molecule has 1 amide bonds. The van der Waals surface area contributed by atoms with Gasteiger partial charge in [0.15, 0.2) is 0 Å². The van der Waals surface area contributed by atoms with Gasteiger partial charge in [0.25, 0.3) is 0 Å². The van der Waals surface area contributed by atoms with Crippen LogP contribution in [-0.4, -0.2) is 46.6 Å². The van der Waals surface area contributed by atoms with Gasteiger partial charge in [-0.25, -0.2) is 0 Å². The third-order valence-corrected chi connectivity index (χ3v) is 10.6. The number of benzene rings is 1. The van der Waals surface area contributed by atoms with Gasteiger partial charge < -0.3 is 5.73 Å². The Morgan fingerprint density at radius 3 is 2.71 bits per heavy atom. The molecular weight excluding hydrogens is 415 g/mol. The third kappa shape index (κ3) is 4.53. The van der Waals surface area contributed by atoms with E-state index in [0.29, 0.717) is 11.5 Å². The van der Waals surface area contributed by atoms with Crippen molar-refractivity contribution in [2.24, 2.45) is 5.73 Å². The molecule has 1 aromatic carbocycles. The van der Waals surface area contributed by atoms with Gasteiger partial charge in [0.05, 0.1) is 0 Å². The molecule has 8 heteroatoms. The fraction of sp³-hybridized carbons (Fsp3) is 0.400. The zero-order chi connectivity index (χ0) is 20.1. The van der Waals surface area contributed by atoms with Gasteiger partial charge in [0.1, 0.15) is 0 Å². The number of nitrogens with two attached hydrogens (primary N) is 1. The van der Waals surface area contributed by atoms with Gasteiger partial charge in [0, 0.05) is 0 Å². The van der Waals surface area contributed by atoms with Crippen LogP contribution in [0.1, 0.15) is 36.2 Å². The molecule has 0 aliphatic heterocycles. The summed E-state index contributed by atoms with van der Waals surface area (Å²) in [5.41, 5.74) is 9.09. The van der Waals surface area contributed by atoms with E-state index >= 15 is 0 Å². The van der Waals surface area contributed by atoms with Crippen molar-refractivity contribution in [3.8, 4) is 5.69 Å². The van der Waals surface area contributed by atoms with Gasteiger partial charge in [-0.1, -0.05) is 0 Å². The van der Waals surface area contributed by atoms with Gasteiger partial charge in [-0.05, 0) is 0 Å². The van der Waals surface area contributed by atoms with Gasteiger partial charge in [0.2, 0.25) is 5.91 Å². The summed E-state index contributed by atoms with van der Waals surface area (Å²) in [6, 6.07) is 5.50. The quantitative estimate of drug-likeness (QED) is 0.390. The van der Waals surface area contributed by atoms with Crippen molar-refractivity contribution in [1.29, 1.82) is 0 Å². The Morgan fingerprint density at radius 2 is 2.04 bits per heavy atom. The Labute approximate surface area is 170 Å². The minimum atomic E-state index is -0.608. The average molecular weight is 442 g/mol. The van der Waals surface area contributed by atoms with Crippen LogP contribution in [0, 0.1) is 6.92 Å². The van der Waals surface area contributed by atoms with Crippen molar-refractivity contribution in [3.05, 3.63) is 41.9 Å². The molecule has 2 aromatic heterocycles. The summed E-state index contributed by atoms with van der Waals surface area (Å²) in [4.78, 5) is 24.9. The van der Waals surface area contributed by atoms with Gasteiger partial charge in [-0.3, -0.25) is 4.79 Å². The van der Waals surface area contributed by atoms with Crippen molar-refractivity contribution in [1.82, 2.24) is 19.5 Å². The molecule has 2 heterocycles. The average Bonchev–Trinajstić information content (AvgIpc) is 3.11. The normalized spacial score (nSPS) is 11.3. The number of rotatable bonds is 9. The molecule has 3 aromatic rings. The molecule has 7 nitrogen and oxygen atoms in total. The van der Waals surface area contributed by atoms with Crippen LogP contribution in [0.15, 0.2) is 30.7 Å². The fourth-order valence-corrected chi connectivity index (χ4v) is 6.74. The summed E-state index contributed by atoms with van der Waals surface area (Å²) in [5.74, 6) is 0.191. The number of aromatic nitrogens is 4. The number of primary amides is 1. The first kappa shape index (κ1) is 20.3. The van der Waals surface area contributed by atoms with E-state index in [9.17, 15) is 4.79 Å². The molecule has 0 radical (unpaired) electrons. The number of amides is 1. The van der Waals surface area contributed by atoms with E-state index in [1.165, 1.54) is 15.6 Å². The predicted molar refractivity (Wildman–Crippen MR) is 115 cm³/mol. The first-order valence-electron chi connectivity index (χ1n) is 9.60. The topological polar surface area (TPSA) is 98.7 Å². The van der Waals surface area contributed by atoms with Crippen molar-refractivity contribution >= 4 is 37.7 Å². The summed E-state index contributed by atoms with van der Waals surface area (Å²) < 4.78 is 1.90. The van der Waals surface area contributed by atoms with Crippen LogP contribution in [0.3, 0.4) is 0 Å². The van der Waals surface area contributed by atoms with Crippen LogP contribution in [0.4, 0.5) is 5.95 Å². The maximum absolute atomic E-state index is 11.5. The molecule has 3 rings (SSSR count). The van der Waals surface area contributed by atoms with Crippen LogP contribution in [0.25, 0.3) is 16.9 Å². The number of aryl methyl sites for hydroxylation is 1. The molecule has 0 fully saturated rings. The second-order valence-electron chi connectivity index (χ2n) is 6.69. The number of nitrogens with zero attached hydrogens (tertiary/aromatic N) is 4. The molecule has 28 heavy (non-hydrogen) atoms. The molecule has 0 aliphatic rings. The summed E-state index contributed by atoms with van der Waals surface area (Å²) in [6.07, 6.45) is 4.62. The Bertz CT molecular complexity index is 966. The van der Waals surface area contributed by atoms with Crippen molar-refractivity contribution in [2.45, 2.75) is 42.8 Å². The summed E-state index contributed by atoms with van der Waals surface area (Å²) >= 11 is -0.608. The zero-order valence-electron chi connectivity index (χ0n) is 16.6. The summed E-state index contributed by atoms with van der Waals surface area (Å²) in [5, 5.41) is 7.45. The maximum atomic E-state index is 11.5. The summed E-state index contributed by atoms with van der Waals surface area (Å²) in [7, 11) is 0. The van der Waals surface area contributed by atoms with Crippen LogP contribution in [0.2, 0.25) is 15.6 Å². The first-order chi connectivity index (χ1) is 13.5. The molecule has 0 bridgehead atoms. The van der Waals surface area contributed by atoms with Crippen LogP contribution in [0.5, 0.6) is 0 Å². The van der Waals surface area contributed by atoms with Crippen molar-refractivity contribution < 1.29 is 4.79 Å². The first-order valence-corrected chi connectivity index (χ1v) is 13.6. The van der Waals surface area contributed by atoms with Crippen molar-refractivity contribution in [2.75, 3.05) is 11.9 Å². The second kappa shape index (κ2) is 9.19. The Balaban J connectivity index is 1.77. The standard InChI is InChI=1S/C20H27AsN6O/c1-4-21(5-2)9-6-10-23-20-24-12-17-19(26-20)27(13-25-17)15-7-8-16(18(22)28)14(3)11-15/h7-8,11-13H,4-6,9-10H2,1-3H3,(H2,22,28)(H,23,24,26). The molecule has 0 aliphatic carbocycles. The molecule has 148 valence electrons. The molecule has 0 saturated carbocycles. The summed E-state index contributed by atoms with van der Waals surface area (Å²) in [6.45, 7) is 7.38. The molecular formula is C20H27AsN6O. The van der Waals surface area contributed by atoms with E-state index in [-0.39, 0.29) is 0 Å². The number of hydrogen-bond acceptors (Lipinski definition) is 5. The number of nitrogens with one attached hydrogen (secondary N) is 1. The second-order valence-corrected chi connectivity index (χ2v) is 13.1. The number of carbonyl (C=O) groups is 1. The number of carbonyl (C=O) groups excluding carboxylic acids is 1. The van der Waals surface area contributed by atoms with Gasteiger partial charge >= 0.3 is 153 Å². The van der Waals surface area contributed by atoms with Crippen LogP contribution >= 0.6 is 0 Å². The SMILES string of the molecule is CC[As](CC)CCCNc1ncc2ncn(-c3ccc(C(N)=O)c(C)c3)c2n1. The van der Waals surface area contributed by atoms with E-state index in [4.69, 9.17) is 5.73 Å². The van der Waals surface area contributed by atoms with E-state index in [2.05, 4.69) is 34.1 Å². The van der Waals surface area contributed by atoms with Crippen molar-refractivity contribution in [3.63, 3.8) is 0 Å². The number of anilines is 1. The Kier molecular flexibility index (Phi) is 6.68. The van der Waals surface area contributed by atoms with Gasteiger partial charge in [-0.2, -0.15) is 0 Å². The molecule has 0 atom stereocenters. The monoisotopic (exact) mass is 442 g/mol. The molecule has 0 spiro atoms. The molecule has 0 saturated heterocycles. The number of imidazole rings is 1. The molecule has 3 N–H and O–H groups in total. The van der Waals surface area contributed by atoms with E-state index < -0.39 is 20.6 Å². The zero-order valence-corrected chi connectivity index (χ0v) is 18.5. The van der Waals surface area contributed by atoms with E-state index in [1.807, 2.05) is 23.6 Å². The van der Waals surface area contributed by atoms with E-state index in [0.717, 1.165) is 35.4 Å². The van der Waals surface area contributed by atoms with E-state index in [1.54, 1.807) is 18.6 Å². The van der Waals surface area contributed by atoms with Crippen LogP contribution < -0.4 is 11.1 Å². The van der Waals surface area contributed by atoms with Crippen LogP contribution in [-0.2, 0) is 0 Å². The molecule has 0 unspecified atom stereocenters. The Hall–Kier alpha value is -2.40. The van der Waals surface area contributed by atoms with Gasteiger partial charge in [-0.15, -0.1) is 0 Å².